The summed E-state index contributed by atoms with van der Waals surface area (Å²) in [4.78, 5) is 0. The topological polar surface area (TPSA) is 43.4 Å². The van der Waals surface area contributed by atoms with Crippen LogP contribution in [0, 0.1) is 0 Å². The zero-order valence-electron chi connectivity index (χ0n) is 4.84. The van der Waals surface area contributed by atoms with E-state index < -0.39 is 11.0 Å². The Morgan fingerprint density at radius 2 is 2.00 bits per heavy atom. The van der Waals surface area contributed by atoms with Crippen LogP contribution in [0.15, 0.2) is 12.3 Å². The normalized spacial score (nSPS) is 7.75. The predicted octanol–water partition coefficient (Wildman–Crippen LogP) is -2.24. The van der Waals surface area contributed by atoms with Crippen LogP contribution in [0.1, 0.15) is 6.92 Å². The van der Waals surface area contributed by atoms with Gasteiger partial charge in [-0.15, -0.1) is 0 Å². The van der Waals surface area contributed by atoms with Crippen LogP contribution in [0.5, 0.6) is 0 Å². The number of rotatable bonds is 2. The second kappa shape index (κ2) is 6.25. The maximum absolute atomic E-state index is 9.53. The van der Waals surface area contributed by atoms with Gasteiger partial charge in [-0.3, -0.25) is 0 Å². The third-order valence-corrected chi connectivity index (χ3v) is 0.631. The van der Waals surface area contributed by atoms with E-state index in [4.69, 9.17) is 0 Å². The molecule has 0 amide bonds. The maximum atomic E-state index is 9.53. The summed E-state index contributed by atoms with van der Waals surface area (Å²) in [5.74, 6) is 0.174. The Kier molecular flexibility index (Phi) is 9.27. The van der Waals surface area contributed by atoms with Gasteiger partial charge in [-0.25, -0.2) is 0 Å². The van der Waals surface area contributed by atoms with Crippen LogP contribution in [-0.4, -0.2) is 0 Å². The molecular formula is C3H5KO3S. The molecule has 0 aromatic carbocycles. The minimum atomic E-state index is -2.45. The Balaban J connectivity index is 0. The van der Waals surface area contributed by atoms with E-state index in [1.165, 1.54) is 6.92 Å². The molecule has 0 aliphatic rings. The fourth-order valence-electron chi connectivity index (χ4n) is 0.116. The molecule has 0 aromatic rings. The van der Waals surface area contributed by atoms with Crippen LogP contribution in [0.25, 0.3) is 0 Å². The molecule has 8 heavy (non-hydrogen) atoms. The van der Waals surface area contributed by atoms with E-state index in [9.17, 15) is 8.42 Å². The SMILES string of the molecule is C=C(C)O[S-](=O)=O.[K+]. The zero-order valence-corrected chi connectivity index (χ0v) is 8.78. The average molecular weight is 160 g/mol. The van der Waals surface area contributed by atoms with Gasteiger partial charge in [0.05, 0.1) is 5.76 Å². The summed E-state index contributed by atoms with van der Waals surface area (Å²) in [5.41, 5.74) is 0. The monoisotopic (exact) mass is 160 g/mol. The second-order valence-electron chi connectivity index (χ2n) is 0.989. The minimum absolute atomic E-state index is 0. The molecular weight excluding hydrogens is 155 g/mol. The quantitative estimate of drug-likeness (QED) is 0.261. The Morgan fingerprint density at radius 3 is 2.00 bits per heavy atom. The first-order valence-electron chi connectivity index (χ1n) is 1.56. The molecule has 0 spiro atoms. The molecule has 0 heterocycles. The molecule has 0 aliphatic carbocycles. The van der Waals surface area contributed by atoms with Crippen molar-refractivity contribution < 1.29 is 64.0 Å². The Bertz CT molecular complexity index is 131. The van der Waals surface area contributed by atoms with Crippen molar-refractivity contribution in [3.05, 3.63) is 12.3 Å². The molecule has 3 nitrogen and oxygen atoms in total. The van der Waals surface area contributed by atoms with Crippen molar-refractivity contribution in [1.29, 1.82) is 0 Å². The molecule has 0 saturated heterocycles. The van der Waals surface area contributed by atoms with E-state index in [0.29, 0.717) is 0 Å². The van der Waals surface area contributed by atoms with Gasteiger partial charge in [0.1, 0.15) is 11.0 Å². The fraction of sp³-hybridized carbons (Fsp3) is 0.333. The van der Waals surface area contributed by atoms with E-state index in [0.717, 1.165) is 0 Å². The van der Waals surface area contributed by atoms with E-state index in [1.807, 2.05) is 0 Å². The zero-order chi connectivity index (χ0) is 5.86. The fourth-order valence-corrected chi connectivity index (χ4v) is 0.348. The van der Waals surface area contributed by atoms with Gasteiger partial charge in [-0.05, 0) is 6.92 Å². The van der Waals surface area contributed by atoms with Crippen molar-refractivity contribution >= 4 is 11.0 Å². The molecule has 0 radical (unpaired) electrons. The largest absolute Gasteiger partial charge is 1.00 e. The summed E-state index contributed by atoms with van der Waals surface area (Å²) in [6.07, 6.45) is 0. The van der Waals surface area contributed by atoms with Crippen molar-refractivity contribution in [3.63, 3.8) is 0 Å². The third kappa shape index (κ3) is 10.2. The average Bonchev–Trinajstić information content (AvgIpc) is 1.27. The van der Waals surface area contributed by atoms with Gasteiger partial charge < -0.3 is 12.6 Å². The second-order valence-corrected chi connectivity index (χ2v) is 1.56. The standard InChI is InChI=1S/C3H5O3S.K/c1-3(2)6-7(4)5;/h1H2,2H3;/q-1;+1. The molecule has 0 saturated carbocycles. The van der Waals surface area contributed by atoms with E-state index in [1.54, 1.807) is 0 Å². The van der Waals surface area contributed by atoms with Crippen LogP contribution in [0.4, 0.5) is 0 Å². The number of hydrogen-bond donors (Lipinski definition) is 0. The smallest absolute Gasteiger partial charge is 0.537 e. The van der Waals surface area contributed by atoms with Gasteiger partial charge in [-0.1, -0.05) is 6.58 Å². The molecule has 0 unspecified atom stereocenters. The Morgan fingerprint density at radius 1 is 1.62 bits per heavy atom. The van der Waals surface area contributed by atoms with Gasteiger partial charge in [0, 0.05) is 0 Å². The molecule has 0 aromatic heterocycles. The first kappa shape index (κ1) is 11.9. The van der Waals surface area contributed by atoms with Gasteiger partial charge in [0.15, 0.2) is 0 Å². The summed E-state index contributed by atoms with van der Waals surface area (Å²) < 4.78 is 23.0. The predicted molar refractivity (Wildman–Crippen MR) is 24.6 cm³/mol. The van der Waals surface area contributed by atoms with Gasteiger partial charge >= 0.3 is 51.4 Å². The molecule has 0 aliphatic heterocycles. The van der Waals surface area contributed by atoms with E-state index >= 15 is 0 Å². The third-order valence-electron chi connectivity index (χ3n) is 0.210. The van der Waals surface area contributed by atoms with E-state index in [2.05, 4.69) is 10.8 Å². The molecule has 0 atom stereocenters. The van der Waals surface area contributed by atoms with Crippen LogP contribution in [0.3, 0.4) is 0 Å². The number of allylic oxidation sites excluding steroid dienone is 1. The van der Waals surface area contributed by atoms with Crippen LogP contribution >= 0.6 is 0 Å². The molecule has 0 N–H and O–H groups in total. The van der Waals surface area contributed by atoms with Crippen molar-refractivity contribution in [2.24, 2.45) is 0 Å². The number of hydrogen-bond acceptors (Lipinski definition) is 4. The summed E-state index contributed by atoms with van der Waals surface area (Å²) in [5, 5.41) is 0. The molecule has 0 rings (SSSR count). The first-order valence-corrected chi connectivity index (χ1v) is 2.56. The van der Waals surface area contributed by atoms with Crippen molar-refractivity contribution in [2.45, 2.75) is 6.92 Å². The summed E-state index contributed by atoms with van der Waals surface area (Å²) >= 11 is 0. The van der Waals surface area contributed by atoms with Crippen molar-refractivity contribution in [1.82, 2.24) is 0 Å². The Labute approximate surface area is 92.7 Å². The van der Waals surface area contributed by atoms with Crippen LogP contribution in [-0.2, 0) is 23.6 Å². The van der Waals surface area contributed by atoms with Gasteiger partial charge in [0.2, 0.25) is 0 Å². The van der Waals surface area contributed by atoms with Crippen molar-refractivity contribution in [2.75, 3.05) is 0 Å². The van der Waals surface area contributed by atoms with Crippen molar-refractivity contribution in [3.8, 4) is 0 Å². The van der Waals surface area contributed by atoms with Crippen LogP contribution < -0.4 is 51.4 Å². The Hall–Kier alpha value is 1.13. The maximum Gasteiger partial charge on any atom is 1.00 e. The minimum Gasteiger partial charge on any atom is -0.537 e. The molecule has 42 valence electrons. The summed E-state index contributed by atoms with van der Waals surface area (Å²) in [6, 6.07) is 0. The van der Waals surface area contributed by atoms with Gasteiger partial charge in [0.25, 0.3) is 0 Å². The molecule has 0 bridgehead atoms. The molecule has 0 fully saturated rings. The van der Waals surface area contributed by atoms with Crippen LogP contribution in [0.2, 0.25) is 0 Å². The van der Waals surface area contributed by atoms with Gasteiger partial charge in [-0.2, -0.15) is 0 Å². The molecule has 5 heteroatoms. The summed E-state index contributed by atoms with van der Waals surface area (Å²) in [7, 11) is -2.45. The van der Waals surface area contributed by atoms with E-state index in [-0.39, 0.29) is 57.1 Å². The summed E-state index contributed by atoms with van der Waals surface area (Å²) in [6.45, 7) is 4.63. The first-order chi connectivity index (χ1) is 3.13.